The second-order valence-electron chi connectivity index (χ2n) is 17.9. The molecule has 3 aromatic rings. The van der Waals surface area contributed by atoms with Crippen LogP contribution in [0.5, 0.6) is 11.5 Å². The Balaban J connectivity index is 1.18. The average molecular weight is 1020 g/mol. The third-order valence-electron chi connectivity index (χ3n) is 12.0. The van der Waals surface area contributed by atoms with Crippen molar-refractivity contribution in [2.24, 2.45) is 5.92 Å². The molecular formula is C49H62O23. The second-order valence-corrected chi connectivity index (χ2v) is 17.9. The topological polar surface area (TPSA) is 357 Å². The Labute approximate surface area is 412 Å². The van der Waals surface area contributed by atoms with Gasteiger partial charge in [0.05, 0.1) is 26.2 Å². The Bertz CT molecular complexity index is 2210. The molecular weight excluding hydrogens is 957 g/mol. The molecule has 23 heteroatoms. The van der Waals surface area contributed by atoms with Crippen molar-refractivity contribution < 1.29 is 113 Å². The minimum Gasteiger partial charge on any atom is -0.462 e. The summed E-state index contributed by atoms with van der Waals surface area (Å²) in [6.07, 6.45) is -22.9. The van der Waals surface area contributed by atoms with Gasteiger partial charge in [-0.1, -0.05) is 68.4 Å². The van der Waals surface area contributed by atoms with Crippen LogP contribution in [0.25, 0.3) is 6.08 Å². The minimum atomic E-state index is -2.33. The maximum atomic E-state index is 14.5. The number of carbonyl (C=O) groups excluding carboxylic acids is 3. The SMILES string of the molecule is CC(C)C[C@](CC(=O)OCc1ccc(O[C@@H]2O[C@H](CO)[C@@H](O)[C@H](O)[C@H]2O)cc1)(O[C@@H]1O[C@H](CO)[C@@H](OC(=O)/C=C/c2ccccc2)[C@H](O)[C@H]1O)C(=O)OCc1ccc(O[C@@H]2O[C@H](CO)[C@@H](O)[C@H](O)[C@H]2O)cc1. The van der Waals surface area contributed by atoms with E-state index in [-0.39, 0.29) is 24.5 Å². The van der Waals surface area contributed by atoms with Crippen molar-refractivity contribution in [2.75, 3.05) is 19.8 Å². The number of benzene rings is 3. The van der Waals surface area contributed by atoms with Crippen molar-refractivity contribution in [3.63, 3.8) is 0 Å². The summed E-state index contributed by atoms with van der Waals surface area (Å²) >= 11 is 0. The number of aliphatic hydroxyl groups excluding tert-OH is 11. The zero-order valence-electron chi connectivity index (χ0n) is 39.2. The molecule has 72 heavy (non-hydrogen) atoms. The molecule has 6 rings (SSSR count). The van der Waals surface area contributed by atoms with Gasteiger partial charge in [0.15, 0.2) is 18.0 Å². The number of ether oxygens (including phenoxy) is 9. The first kappa shape index (κ1) is 56.1. The Kier molecular flexibility index (Phi) is 20.0. The lowest BCUT2D eigenvalue weighted by atomic mass is 9.88. The molecule has 23 nitrogen and oxygen atoms in total. The lowest BCUT2D eigenvalue weighted by molar-refractivity contribution is -0.327. The van der Waals surface area contributed by atoms with Gasteiger partial charge in [-0.3, -0.25) is 4.79 Å². The average Bonchev–Trinajstić information content (AvgIpc) is 3.37. The van der Waals surface area contributed by atoms with Gasteiger partial charge < -0.3 is 98.8 Å². The van der Waals surface area contributed by atoms with Gasteiger partial charge in [-0.05, 0) is 59.4 Å². The normalized spacial score (nSPS) is 31.6. The molecule has 0 aromatic heterocycles. The highest BCUT2D eigenvalue weighted by Crippen LogP contribution is 2.35. The third-order valence-corrected chi connectivity index (χ3v) is 12.0. The molecule has 3 saturated heterocycles. The van der Waals surface area contributed by atoms with Crippen molar-refractivity contribution in [2.45, 2.75) is 138 Å². The third kappa shape index (κ3) is 14.1. The second kappa shape index (κ2) is 25.7. The highest BCUT2D eigenvalue weighted by molar-refractivity contribution is 5.87. The first-order chi connectivity index (χ1) is 34.4. The zero-order chi connectivity index (χ0) is 52.3. The van der Waals surface area contributed by atoms with Crippen LogP contribution in [0.1, 0.15) is 43.4 Å². The van der Waals surface area contributed by atoms with E-state index in [0.717, 1.165) is 6.08 Å². The molecule has 0 amide bonds. The maximum absolute atomic E-state index is 14.5. The number of hydrogen-bond donors (Lipinski definition) is 11. The molecule has 396 valence electrons. The minimum absolute atomic E-state index is 0.113. The lowest BCUT2D eigenvalue weighted by Gasteiger charge is -2.44. The van der Waals surface area contributed by atoms with E-state index < -0.39 is 154 Å². The summed E-state index contributed by atoms with van der Waals surface area (Å²) in [7, 11) is 0. The summed E-state index contributed by atoms with van der Waals surface area (Å²) in [5.74, 6) is -3.29. The van der Waals surface area contributed by atoms with Gasteiger partial charge >= 0.3 is 17.9 Å². The molecule has 3 aliphatic rings. The van der Waals surface area contributed by atoms with E-state index in [1.165, 1.54) is 54.6 Å². The molecule has 11 N–H and O–H groups in total. The Morgan fingerprint density at radius 3 is 1.54 bits per heavy atom. The Hall–Kier alpha value is -5.19. The summed E-state index contributed by atoms with van der Waals surface area (Å²) in [4.78, 5) is 41.2. The Morgan fingerprint density at radius 2 is 1.06 bits per heavy atom. The van der Waals surface area contributed by atoms with Crippen molar-refractivity contribution >= 4 is 24.0 Å². The summed E-state index contributed by atoms with van der Waals surface area (Å²) in [5.41, 5.74) is -0.904. The van der Waals surface area contributed by atoms with E-state index in [0.29, 0.717) is 16.7 Å². The molecule has 0 saturated carbocycles. The number of esters is 3. The summed E-state index contributed by atoms with van der Waals surface area (Å²) in [6, 6.07) is 20.3. The van der Waals surface area contributed by atoms with E-state index in [1.807, 2.05) is 0 Å². The predicted molar refractivity (Wildman–Crippen MR) is 242 cm³/mol. The largest absolute Gasteiger partial charge is 0.462 e. The first-order valence-corrected chi connectivity index (χ1v) is 23.1. The van der Waals surface area contributed by atoms with Gasteiger partial charge in [0.2, 0.25) is 12.6 Å². The molecule has 3 aromatic carbocycles. The number of aliphatic hydroxyl groups is 11. The zero-order valence-corrected chi connectivity index (χ0v) is 39.2. The Morgan fingerprint density at radius 1 is 0.583 bits per heavy atom. The fourth-order valence-corrected chi connectivity index (χ4v) is 8.10. The van der Waals surface area contributed by atoms with Gasteiger partial charge in [0.25, 0.3) is 0 Å². The molecule has 0 aliphatic carbocycles. The molecule has 16 atom stereocenters. The summed E-state index contributed by atoms with van der Waals surface area (Å²) in [6.45, 7) is 0.375. The van der Waals surface area contributed by atoms with Crippen LogP contribution in [0, 0.1) is 5.92 Å². The number of carbonyl (C=O) groups is 3. The van der Waals surface area contributed by atoms with Crippen LogP contribution >= 0.6 is 0 Å². The molecule has 3 fully saturated rings. The maximum Gasteiger partial charge on any atom is 0.339 e. The van der Waals surface area contributed by atoms with Crippen molar-refractivity contribution in [1.82, 2.24) is 0 Å². The molecule has 3 aliphatic heterocycles. The van der Waals surface area contributed by atoms with Crippen LogP contribution in [0.4, 0.5) is 0 Å². The van der Waals surface area contributed by atoms with Crippen LogP contribution in [-0.4, -0.2) is 192 Å². The highest BCUT2D eigenvalue weighted by Gasteiger charge is 2.54. The summed E-state index contributed by atoms with van der Waals surface area (Å²) in [5, 5.41) is 113. The van der Waals surface area contributed by atoms with Crippen LogP contribution in [0.3, 0.4) is 0 Å². The smallest absolute Gasteiger partial charge is 0.339 e. The quantitative estimate of drug-likeness (QED) is 0.0315. The van der Waals surface area contributed by atoms with Crippen molar-refractivity contribution in [3.05, 3.63) is 102 Å². The molecule has 0 bridgehead atoms. The van der Waals surface area contributed by atoms with E-state index in [9.17, 15) is 70.6 Å². The molecule has 0 spiro atoms. The lowest BCUT2D eigenvalue weighted by Crippen LogP contribution is -2.63. The van der Waals surface area contributed by atoms with Gasteiger partial charge in [0.1, 0.15) is 91.9 Å². The van der Waals surface area contributed by atoms with E-state index >= 15 is 0 Å². The molecule has 3 heterocycles. The van der Waals surface area contributed by atoms with Crippen LogP contribution in [0.2, 0.25) is 0 Å². The van der Waals surface area contributed by atoms with Crippen LogP contribution in [0.15, 0.2) is 84.9 Å². The van der Waals surface area contributed by atoms with Crippen molar-refractivity contribution in [1.29, 1.82) is 0 Å². The fourth-order valence-electron chi connectivity index (χ4n) is 8.10. The highest BCUT2D eigenvalue weighted by atomic mass is 16.7. The summed E-state index contributed by atoms with van der Waals surface area (Å²) < 4.78 is 50.9. The van der Waals surface area contributed by atoms with E-state index in [2.05, 4.69) is 0 Å². The monoisotopic (exact) mass is 1020 g/mol. The van der Waals surface area contributed by atoms with Gasteiger partial charge in [-0.2, -0.15) is 0 Å². The molecule has 0 radical (unpaired) electrons. The van der Waals surface area contributed by atoms with E-state index in [4.69, 9.17) is 42.6 Å². The standard InChI is InChI=1S/C49H62O23/c1-25(2)18-49(48(63)65-24-28-10-15-30(16-11-28)67-46-42(61)39(58)37(56)32(21-51)69-46,72-47-43(62)40(59)44(33(22-52)70-47)71-34(53)17-12-26-6-4-3-5-7-26)19-35(54)64-23-27-8-13-29(14-9-27)66-45-41(60)38(57)36(55)31(20-50)68-45/h3-17,25,31-33,36-47,50-52,55-62H,18-24H2,1-2H3/b17-12+/t31-,32-,33-,36-,37-,38+,39+,40-,41-,42-,43-,44-,45-,46-,47+,49-/m1/s1. The number of rotatable bonds is 21. The van der Waals surface area contributed by atoms with E-state index in [1.54, 1.807) is 44.2 Å². The molecule has 0 unspecified atom stereocenters. The fraction of sp³-hybridized carbons (Fsp3) is 0.531. The predicted octanol–water partition coefficient (Wildman–Crippen LogP) is -1.91. The first-order valence-electron chi connectivity index (χ1n) is 23.1. The van der Waals surface area contributed by atoms with Crippen LogP contribution in [-0.2, 0) is 60.8 Å². The van der Waals surface area contributed by atoms with Gasteiger partial charge in [-0.25, -0.2) is 9.59 Å². The van der Waals surface area contributed by atoms with Crippen molar-refractivity contribution in [3.8, 4) is 11.5 Å². The van der Waals surface area contributed by atoms with Gasteiger partial charge in [-0.15, -0.1) is 0 Å². The number of hydrogen-bond acceptors (Lipinski definition) is 23. The van der Waals surface area contributed by atoms with Crippen LogP contribution < -0.4 is 9.47 Å². The van der Waals surface area contributed by atoms with Gasteiger partial charge in [0, 0.05) is 6.08 Å².